The molecule has 0 bridgehead atoms. The highest BCUT2D eigenvalue weighted by molar-refractivity contribution is 6.09. The lowest BCUT2D eigenvalue weighted by Gasteiger charge is -2.27. The highest BCUT2D eigenvalue weighted by atomic mass is 16.5. The summed E-state index contributed by atoms with van der Waals surface area (Å²) in [6, 6.07) is 57.8. The van der Waals surface area contributed by atoms with Crippen LogP contribution in [0.4, 0.5) is 22.7 Å². The van der Waals surface area contributed by atoms with Gasteiger partial charge in [0.15, 0.2) is 0 Å². The van der Waals surface area contributed by atoms with E-state index in [4.69, 9.17) is 16.6 Å². The molecule has 0 atom stereocenters. The van der Waals surface area contributed by atoms with Gasteiger partial charge in [0.2, 0.25) is 0 Å². The first kappa shape index (κ1) is 32.8. The summed E-state index contributed by atoms with van der Waals surface area (Å²) in [6.45, 7) is 7.00. The maximum Gasteiger partial charge on any atom is 0.137 e. The molecule has 0 saturated carbocycles. The molecule has 1 aliphatic rings. The van der Waals surface area contributed by atoms with Gasteiger partial charge in [0.25, 0.3) is 0 Å². The van der Waals surface area contributed by atoms with Crippen molar-refractivity contribution in [2.24, 2.45) is 0 Å². The maximum atomic E-state index is 9.11. The molecule has 0 radical (unpaired) electrons. The first-order chi connectivity index (χ1) is 32.9. The third-order valence-electron chi connectivity index (χ3n) is 12.0. The van der Waals surface area contributed by atoms with Gasteiger partial charge in [-0.15, -0.1) is 0 Å². The van der Waals surface area contributed by atoms with Gasteiger partial charge in [-0.25, -0.2) is 4.98 Å². The Morgan fingerprint density at radius 3 is 1.97 bits per heavy atom. The van der Waals surface area contributed by atoms with Gasteiger partial charge in [0, 0.05) is 45.9 Å². The largest absolute Gasteiger partial charge is 0.457 e. The van der Waals surface area contributed by atoms with Gasteiger partial charge in [-0.2, -0.15) is 0 Å². The smallest absolute Gasteiger partial charge is 0.137 e. The molecular formula is C58H46N4O. The standard InChI is InChI=1S/C58H46N4O/c1-58(2,3)44-34-35-59-56(36-44)62-52-25-11-10-22-50(52)51-33-32-47(38-55(51)62)63-46-21-14-20-45(37-46)60-39-61(54-27-13-12-26-53(54)60)57-48(42-18-8-5-9-19-42)23-15-24-49(57)43-30-28-41(29-31-43)40-16-6-4-7-17-40/h4-38H,39H2,1-3H3/i5D,8D,9D,18D,19D. The second kappa shape index (κ2) is 15.5. The fourth-order valence-corrected chi connectivity index (χ4v) is 8.87. The summed E-state index contributed by atoms with van der Waals surface area (Å²) in [6.07, 6.45) is 1.89. The topological polar surface area (TPSA) is 33.5 Å². The summed E-state index contributed by atoms with van der Waals surface area (Å²) in [7, 11) is 0. The lowest BCUT2D eigenvalue weighted by atomic mass is 9.88. The zero-order chi connectivity index (χ0) is 46.8. The molecule has 0 aliphatic carbocycles. The van der Waals surface area contributed by atoms with E-state index >= 15 is 0 Å². The average molecular weight is 820 g/mol. The molecular weight excluding hydrogens is 769 g/mol. The van der Waals surface area contributed by atoms with Gasteiger partial charge >= 0.3 is 0 Å². The number of para-hydroxylation sites is 4. The molecule has 2 aromatic heterocycles. The first-order valence-electron chi connectivity index (χ1n) is 23.7. The lowest BCUT2D eigenvalue weighted by molar-refractivity contribution is 0.483. The summed E-state index contributed by atoms with van der Waals surface area (Å²) in [5.74, 6) is 2.19. The van der Waals surface area contributed by atoms with Crippen LogP contribution in [0, 0.1) is 0 Å². The van der Waals surface area contributed by atoms with Gasteiger partial charge in [0.05, 0.1) is 34.9 Å². The number of nitrogens with zero attached hydrogens (tertiary/aromatic N) is 4. The Labute approximate surface area is 375 Å². The Hall–Kier alpha value is -7.89. The minimum absolute atomic E-state index is 0.0479. The number of rotatable bonds is 8. The van der Waals surface area contributed by atoms with Crippen LogP contribution in [-0.2, 0) is 5.41 Å². The fourth-order valence-electron chi connectivity index (χ4n) is 8.87. The molecule has 63 heavy (non-hydrogen) atoms. The van der Waals surface area contributed by atoms with Crippen molar-refractivity contribution in [2.45, 2.75) is 26.2 Å². The predicted octanol–water partition coefficient (Wildman–Crippen LogP) is 15.5. The van der Waals surface area contributed by atoms with Crippen molar-refractivity contribution in [1.29, 1.82) is 0 Å². The minimum Gasteiger partial charge on any atom is -0.457 e. The molecule has 3 heterocycles. The average Bonchev–Trinajstić information content (AvgIpc) is 3.91. The molecule has 8 aromatic carbocycles. The van der Waals surface area contributed by atoms with Crippen LogP contribution < -0.4 is 14.5 Å². The molecule has 5 heteroatoms. The van der Waals surface area contributed by atoms with E-state index in [1.54, 1.807) is 0 Å². The Bertz CT molecular complexity index is 3560. The van der Waals surface area contributed by atoms with E-state index < -0.39 is 6.04 Å². The third kappa shape index (κ3) is 6.98. The minimum atomic E-state index is -0.428. The molecule has 0 fully saturated rings. The summed E-state index contributed by atoms with van der Waals surface area (Å²) >= 11 is 0. The number of hydrogen-bond acceptors (Lipinski definition) is 4. The summed E-state index contributed by atoms with van der Waals surface area (Å²) < 4.78 is 52.9. The number of fused-ring (bicyclic) bond motifs is 4. The highest BCUT2D eigenvalue weighted by Gasteiger charge is 2.31. The van der Waals surface area contributed by atoms with Crippen LogP contribution in [0.25, 0.3) is 61.0 Å². The van der Waals surface area contributed by atoms with Crippen molar-refractivity contribution in [3.63, 3.8) is 0 Å². The number of hydrogen-bond donors (Lipinski definition) is 0. The Balaban J connectivity index is 0.999. The summed E-state index contributed by atoms with van der Waals surface area (Å²) in [5.41, 5.74) is 11.3. The van der Waals surface area contributed by atoms with Gasteiger partial charge in [0.1, 0.15) is 24.0 Å². The molecule has 0 unspecified atom stereocenters. The number of pyridine rings is 1. The van der Waals surface area contributed by atoms with Crippen molar-refractivity contribution in [2.75, 3.05) is 16.5 Å². The van der Waals surface area contributed by atoms with Crippen LogP contribution in [0.5, 0.6) is 11.5 Å². The van der Waals surface area contributed by atoms with E-state index in [1.807, 2.05) is 79.0 Å². The van der Waals surface area contributed by atoms with Crippen LogP contribution in [0.3, 0.4) is 0 Å². The molecule has 10 aromatic rings. The van der Waals surface area contributed by atoms with E-state index in [2.05, 4.69) is 138 Å². The molecule has 11 rings (SSSR count). The van der Waals surface area contributed by atoms with Crippen molar-refractivity contribution in [1.82, 2.24) is 9.55 Å². The molecule has 0 spiro atoms. The van der Waals surface area contributed by atoms with Crippen LogP contribution in [0.15, 0.2) is 212 Å². The van der Waals surface area contributed by atoms with Crippen molar-refractivity contribution >= 4 is 44.6 Å². The Kier molecular flexibility index (Phi) is 8.10. The Morgan fingerprint density at radius 1 is 0.524 bits per heavy atom. The maximum absolute atomic E-state index is 9.11. The van der Waals surface area contributed by atoms with E-state index in [9.17, 15) is 0 Å². The van der Waals surface area contributed by atoms with Gasteiger partial charge in [-0.05, 0) is 87.8 Å². The number of aromatic nitrogens is 2. The van der Waals surface area contributed by atoms with Crippen molar-refractivity contribution in [3.05, 3.63) is 218 Å². The second-order valence-electron chi connectivity index (χ2n) is 16.9. The van der Waals surface area contributed by atoms with E-state index in [0.717, 1.165) is 72.6 Å². The normalized spacial score (nSPS) is 13.7. The predicted molar refractivity (Wildman–Crippen MR) is 262 cm³/mol. The van der Waals surface area contributed by atoms with E-state index in [-0.39, 0.29) is 35.1 Å². The molecule has 304 valence electrons. The van der Waals surface area contributed by atoms with Crippen molar-refractivity contribution < 1.29 is 11.6 Å². The number of benzene rings is 8. The zero-order valence-electron chi connectivity index (χ0n) is 40.2. The van der Waals surface area contributed by atoms with Crippen LogP contribution in [0.2, 0.25) is 0 Å². The molecule has 0 saturated heterocycles. The summed E-state index contributed by atoms with van der Waals surface area (Å²) in [4.78, 5) is 9.27. The second-order valence-corrected chi connectivity index (χ2v) is 16.9. The number of ether oxygens (including phenoxy) is 1. The highest BCUT2D eigenvalue weighted by Crippen LogP contribution is 2.50. The van der Waals surface area contributed by atoms with Gasteiger partial charge in [-0.3, -0.25) is 4.57 Å². The van der Waals surface area contributed by atoms with Crippen LogP contribution in [0.1, 0.15) is 33.2 Å². The molecule has 1 aliphatic heterocycles. The molecule has 0 N–H and O–H groups in total. The van der Waals surface area contributed by atoms with E-state index in [1.165, 1.54) is 5.56 Å². The van der Waals surface area contributed by atoms with Crippen LogP contribution >= 0.6 is 0 Å². The van der Waals surface area contributed by atoms with Crippen LogP contribution in [-0.4, -0.2) is 16.2 Å². The van der Waals surface area contributed by atoms with Gasteiger partial charge in [-0.1, -0.05) is 160 Å². The summed E-state index contributed by atoms with van der Waals surface area (Å²) in [5, 5.41) is 2.24. The fraction of sp³-hybridized carbons (Fsp3) is 0.0862. The third-order valence-corrected chi connectivity index (χ3v) is 12.0. The lowest BCUT2D eigenvalue weighted by Crippen LogP contribution is -2.25. The van der Waals surface area contributed by atoms with E-state index in [0.29, 0.717) is 23.7 Å². The molecule has 5 nitrogen and oxygen atoms in total. The monoisotopic (exact) mass is 819 g/mol. The quantitative estimate of drug-likeness (QED) is 0.153. The Morgan fingerprint density at radius 2 is 1.17 bits per heavy atom. The van der Waals surface area contributed by atoms with Gasteiger partial charge < -0.3 is 14.5 Å². The zero-order valence-corrected chi connectivity index (χ0v) is 35.2. The molecule has 0 amide bonds. The number of anilines is 4. The van der Waals surface area contributed by atoms with Crippen molar-refractivity contribution in [3.8, 4) is 50.7 Å². The SMILES string of the molecule is [2H]c1c([2H])c([2H])c(-c2cccc(-c3ccc(-c4ccccc4)cc3)c2N2CN(c3cccc(Oc4ccc5c6ccccc6n(-c6cc(C(C)(C)C)ccn6)c5c4)c3)c3ccccc32)c([2H])c1[2H]. The first-order valence-corrected chi connectivity index (χ1v) is 21.2.